The van der Waals surface area contributed by atoms with Crippen LogP contribution in [0.15, 0.2) is 42.5 Å². The fourth-order valence-corrected chi connectivity index (χ4v) is 1.90. The number of rotatable bonds is 5. The highest BCUT2D eigenvalue weighted by molar-refractivity contribution is 6.31. The van der Waals surface area contributed by atoms with E-state index in [0.717, 1.165) is 11.6 Å². The van der Waals surface area contributed by atoms with Crippen LogP contribution in [-0.2, 0) is 18.0 Å². The summed E-state index contributed by atoms with van der Waals surface area (Å²) in [6, 6.07) is 11.1. The smallest absolute Gasteiger partial charge is 0.305 e. The molecule has 6 heteroatoms. The van der Waals surface area contributed by atoms with Crippen molar-refractivity contribution in [1.29, 1.82) is 0 Å². The number of hydrogen-bond donors (Lipinski definition) is 0. The summed E-state index contributed by atoms with van der Waals surface area (Å²) in [5.74, 6) is -0.864. The molecule has 0 unspecified atom stereocenters. The summed E-state index contributed by atoms with van der Waals surface area (Å²) in [6.07, 6.45) is 0. The van der Waals surface area contributed by atoms with Crippen molar-refractivity contribution in [1.82, 2.24) is 0 Å². The predicted molar refractivity (Wildman–Crippen MR) is 73.0 cm³/mol. The van der Waals surface area contributed by atoms with Gasteiger partial charge in [0.05, 0.1) is 18.1 Å². The Kier molecular flexibility index (Phi) is 4.65. The summed E-state index contributed by atoms with van der Waals surface area (Å²) >= 11 is 5.96. The van der Waals surface area contributed by atoms with Crippen molar-refractivity contribution in [2.24, 2.45) is 0 Å². The Morgan fingerprint density at radius 1 is 1.10 bits per heavy atom. The summed E-state index contributed by atoms with van der Waals surface area (Å²) in [5, 5.41) is 11.2. The molecule has 0 fully saturated rings. The summed E-state index contributed by atoms with van der Waals surface area (Å²) in [5.41, 5.74) is 0.370. The van der Waals surface area contributed by atoms with Crippen molar-refractivity contribution in [2.75, 3.05) is 0 Å². The van der Waals surface area contributed by atoms with Crippen LogP contribution in [0.2, 0.25) is 5.02 Å². The molecule has 0 heterocycles. The van der Waals surface area contributed by atoms with Gasteiger partial charge >= 0.3 is 5.69 Å². The number of hydrogen-bond acceptors (Lipinski definition) is 3. The molecule has 0 aliphatic carbocycles. The number of nitrogens with zero attached hydrogens (tertiary/aromatic N) is 1. The van der Waals surface area contributed by atoms with E-state index in [4.69, 9.17) is 16.3 Å². The minimum absolute atomic E-state index is 0.0568. The number of nitro groups is 1. The topological polar surface area (TPSA) is 52.4 Å². The van der Waals surface area contributed by atoms with Crippen LogP contribution in [0.4, 0.5) is 10.1 Å². The number of halogens is 2. The molecule has 2 aromatic rings. The highest BCUT2D eigenvalue weighted by Crippen LogP contribution is 2.22. The molecule has 0 aliphatic rings. The van der Waals surface area contributed by atoms with E-state index in [0.29, 0.717) is 5.02 Å². The average molecular weight is 296 g/mol. The molecule has 0 atom stereocenters. The molecule has 4 nitrogen and oxygen atoms in total. The molecule has 2 rings (SSSR count). The number of benzene rings is 2. The first-order valence-electron chi connectivity index (χ1n) is 5.82. The lowest BCUT2D eigenvalue weighted by atomic mass is 10.2. The van der Waals surface area contributed by atoms with Crippen LogP contribution in [0.25, 0.3) is 0 Å². The van der Waals surface area contributed by atoms with Crippen LogP contribution in [0.3, 0.4) is 0 Å². The molecular formula is C14H11ClFNO3. The van der Waals surface area contributed by atoms with Crippen molar-refractivity contribution in [3.63, 3.8) is 0 Å². The predicted octanol–water partition coefficient (Wildman–Crippen LogP) is 4.10. The monoisotopic (exact) mass is 295 g/mol. The second-order valence-corrected chi connectivity index (χ2v) is 4.50. The van der Waals surface area contributed by atoms with Gasteiger partial charge in [0.2, 0.25) is 5.82 Å². The zero-order chi connectivity index (χ0) is 14.5. The van der Waals surface area contributed by atoms with E-state index in [1.54, 1.807) is 18.2 Å². The van der Waals surface area contributed by atoms with Gasteiger partial charge in [-0.25, -0.2) is 0 Å². The Morgan fingerprint density at radius 2 is 1.75 bits per heavy atom. The second-order valence-electron chi connectivity index (χ2n) is 4.09. The number of nitro benzene ring substituents is 1. The third kappa shape index (κ3) is 3.31. The van der Waals surface area contributed by atoms with Crippen molar-refractivity contribution < 1.29 is 14.1 Å². The first-order valence-corrected chi connectivity index (χ1v) is 6.20. The normalized spacial score (nSPS) is 10.5. The Bertz CT molecular complexity index is 634. The summed E-state index contributed by atoms with van der Waals surface area (Å²) in [6.45, 7) is 0.153. The quantitative estimate of drug-likeness (QED) is 0.616. The van der Waals surface area contributed by atoms with Gasteiger partial charge in [-0.15, -0.1) is 0 Å². The lowest BCUT2D eigenvalue weighted by molar-refractivity contribution is -0.387. The lowest BCUT2D eigenvalue weighted by Crippen LogP contribution is -2.00. The molecule has 0 aliphatic heterocycles. The highest BCUT2D eigenvalue weighted by atomic mass is 35.5. The Hall–Kier alpha value is -1.98. The van der Waals surface area contributed by atoms with E-state index in [1.807, 2.05) is 6.07 Å². The first kappa shape index (κ1) is 14.4. The average Bonchev–Trinajstić information content (AvgIpc) is 2.42. The van der Waals surface area contributed by atoms with E-state index in [2.05, 4.69) is 0 Å². The Balaban J connectivity index is 2.03. The van der Waals surface area contributed by atoms with Crippen molar-refractivity contribution in [3.8, 4) is 0 Å². The summed E-state index contributed by atoms with van der Waals surface area (Å²) in [4.78, 5) is 9.86. The Labute approximate surface area is 119 Å². The van der Waals surface area contributed by atoms with Gasteiger partial charge in [-0.3, -0.25) is 10.1 Å². The van der Waals surface area contributed by atoms with Crippen molar-refractivity contribution in [3.05, 3.63) is 74.5 Å². The third-order valence-electron chi connectivity index (χ3n) is 2.73. The van der Waals surface area contributed by atoms with Gasteiger partial charge in [0.15, 0.2) is 0 Å². The van der Waals surface area contributed by atoms with Gasteiger partial charge in [-0.05, 0) is 11.6 Å². The highest BCUT2D eigenvalue weighted by Gasteiger charge is 2.17. The molecule has 2 aromatic carbocycles. The van der Waals surface area contributed by atoms with Gasteiger partial charge in [-0.2, -0.15) is 4.39 Å². The van der Waals surface area contributed by atoms with E-state index in [9.17, 15) is 14.5 Å². The van der Waals surface area contributed by atoms with E-state index < -0.39 is 16.4 Å². The second kappa shape index (κ2) is 6.45. The molecular weight excluding hydrogens is 285 g/mol. The number of ether oxygens (including phenoxy) is 1. The molecule has 0 spiro atoms. The molecule has 20 heavy (non-hydrogen) atoms. The SMILES string of the molecule is O=[N+]([O-])c1cccc(COCc2ccccc2Cl)c1F. The van der Waals surface area contributed by atoms with Crippen LogP contribution in [0.5, 0.6) is 0 Å². The fraction of sp³-hybridized carbons (Fsp3) is 0.143. The largest absolute Gasteiger partial charge is 0.372 e. The maximum atomic E-state index is 13.8. The van der Waals surface area contributed by atoms with Crippen LogP contribution in [0, 0.1) is 15.9 Å². The summed E-state index contributed by atoms with van der Waals surface area (Å²) in [7, 11) is 0. The molecule has 0 aromatic heterocycles. The van der Waals surface area contributed by atoms with Gasteiger partial charge in [-0.1, -0.05) is 41.9 Å². The zero-order valence-electron chi connectivity index (χ0n) is 10.4. The molecule has 0 bridgehead atoms. The van der Waals surface area contributed by atoms with E-state index >= 15 is 0 Å². The van der Waals surface area contributed by atoms with Gasteiger partial charge in [0.25, 0.3) is 0 Å². The molecule has 104 valence electrons. The van der Waals surface area contributed by atoms with Gasteiger partial charge in [0, 0.05) is 16.7 Å². The van der Waals surface area contributed by atoms with Crippen LogP contribution in [0.1, 0.15) is 11.1 Å². The molecule has 0 amide bonds. The van der Waals surface area contributed by atoms with Crippen LogP contribution >= 0.6 is 11.6 Å². The minimum Gasteiger partial charge on any atom is -0.372 e. The maximum Gasteiger partial charge on any atom is 0.305 e. The maximum absolute atomic E-state index is 13.8. The van der Waals surface area contributed by atoms with E-state index in [1.165, 1.54) is 12.1 Å². The van der Waals surface area contributed by atoms with Crippen molar-refractivity contribution >= 4 is 17.3 Å². The lowest BCUT2D eigenvalue weighted by Gasteiger charge is -2.07. The third-order valence-corrected chi connectivity index (χ3v) is 3.10. The molecule has 0 saturated carbocycles. The van der Waals surface area contributed by atoms with Gasteiger partial charge in [0.1, 0.15) is 0 Å². The molecule has 0 N–H and O–H groups in total. The summed E-state index contributed by atoms with van der Waals surface area (Å²) < 4.78 is 19.1. The standard InChI is InChI=1S/C14H11ClFNO3/c15-12-6-2-1-4-10(12)8-20-9-11-5-3-7-13(14(11)16)17(18)19/h1-7H,8-9H2. The van der Waals surface area contributed by atoms with Crippen LogP contribution in [-0.4, -0.2) is 4.92 Å². The molecule has 0 saturated heterocycles. The van der Waals surface area contributed by atoms with Crippen LogP contribution < -0.4 is 0 Å². The fourth-order valence-electron chi connectivity index (χ4n) is 1.71. The van der Waals surface area contributed by atoms with Gasteiger partial charge < -0.3 is 4.74 Å². The molecule has 0 radical (unpaired) electrons. The minimum atomic E-state index is -0.864. The Morgan fingerprint density at radius 3 is 2.45 bits per heavy atom. The van der Waals surface area contributed by atoms with Crippen molar-refractivity contribution in [2.45, 2.75) is 13.2 Å². The van der Waals surface area contributed by atoms with E-state index in [-0.39, 0.29) is 18.8 Å². The first-order chi connectivity index (χ1) is 9.59. The zero-order valence-corrected chi connectivity index (χ0v) is 11.1.